The summed E-state index contributed by atoms with van der Waals surface area (Å²) in [5.74, 6) is 0.980. The van der Waals surface area contributed by atoms with Gasteiger partial charge in [-0.1, -0.05) is 24.3 Å². The molecule has 0 radical (unpaired) electrons. The summed E-state index contributed by atoms with van der Waals surface area (Å²) in [7, 11) is 0. The van der Waals surface area contributed by atoms with Crippen LogP contribution in [-0.4, -0.2) is 24.5 Å². The van der Waals surface area contributed by atoms with E-state index in [0.29, 0.717) is 0 Å². The monoisotopic (exact) mass is 242 g/mol. The van der Waals surface area contributed by atoms with Crippen molar-refractivity contribution in [2.45, 2.75) is 32.4 Å². The zero-order valence-corrected chi connectivity index (χ0v) is 11.0. The molecule has 1 saturated carbocycles. The highest BCUT2D eigenvalue weighted by atomic mass is 15.1. The second-order valence-electron chi connectivity index (χ2n) is 6.45. The Labute approximate surface area is 109 Å². The van der Waals surface area contributed by atoms with Gasteiger partial charge in [-0.15, -0.1) is 0 Å². The number of rotatable bonds is 2. The van der Waals surface area contributed by atoms with E-state index in [1.54, 1.807) is 11.1 Å². The topological polar surface area (TPSA) is 15.3 Å². The van der Waals surface area contributed by atoms with Gasteiger partial charge in [0.2, 0.25) is 0 Å². The van der Waals surface area contributed by atoms with Crippen molar-refractivity contribution in [1.29, 1.82) is 0 Å². The molecule has 2 heteroatoms. The van der Waals surface area contributed by atoms with Crippen molar-refractivity contribution < 1.29 is 0 Å². The van der Waals surface area contributed by atoms with Crippen molar-refractivity contribution in [2.75, 3.05) is 19.6 Å². The average Bonchev–Trinajstić information content (AvgIpc) is 2.88. The van der Waals surface area contributed by atoms with E-state index in [1.165, 1.54) is 52.0 Å². The molecule has 1 aromatic rings. The van der Waals surface area contributed by atoms with E-state index in [4.69, 9.17) is 0 Å². The van der Waals surface area contributed by atoms with Gasteiger partial charge in [0, 0.05) is 19.6 Å². The summed E-state index contributed by atoms with van der Waals surface area (Å²) < 4.78 is 0. The molecule has 0 bridgehead atoms. The van der Waals surface area contributed by atoms with Gasteiger partial charge >= 0.3 is 0 Å². The van der Waals surface area contributed by atoms with Gasteiger partial charge in [-0.05, 0) is 54.8 Å². The van der Waals surface area contributed by atoms with E-state index in [9.17, 15) is 0 Å². The molecule has 18 heavy (non-hydrogen) atoms. The van der Waals surface area contributed by atoms with Crippen LogP contribution in [0.2, 0.25) is 0 Å². The van der Waals surface area contributed by atoms with Crippen LogP contribution in [0.4, 0.5) is 0 Å². The third-order valence-corrected chi connectivity index (χ3v) is 5.34. The lowest BCUT2D eigenvalue weighted by atomic mass is 9.92. The van der Waals surface area contributed by atoms with Crippen LogP contribution in [0.15, 0.2) is 24.3 Å². The van der Waals surface area contributed by atoms with Crippen LogP contribution in [0, 0.1) is 11.3 Å². The maximum atomic E-state index is 3.50. The molecule has 1 aliphatic carbocycles. The van der Waals surface area contributed by atoms with Crippen LogP contribution in [0.25, 0.3) is 0 Å². The van der Waals surface area contributed by atoms with Gasteiger partial charge in [0.15, 0.2) is 0 Å². The highest BCUT2D eigenvalue weighted by Crippen LogP contribution is 2.58. The van der Waals surface area contributed by atoms with Crippen molar-refractivity contribution in [3.05, 3.63) is 35.4 Å². The molecular formula is C16H22N2. The molecule has 1 spiro atoms. The van der Waals surface area contributed by atoms with Gasteiger partial charge in [-0.25, -0.2) is 0 Å². The molecule has 1 aromatic carbocycles. The first-order valence-corrected chi connectivity index (χ1v) is 7.36. The summed E-state index contributed by atoms with van der Waals surface area (Å²) in [6, 6.07) is 8.94. The normalized spacial score (nSPS) is 29.4. The van der Waals surface area contributed by atoms with Crippen LogP contribution in [-0.2, 0) is 13.1 Å². The highest BCUT2D eigenvalue weighted by Gasteiger charge is 2.53. The molecule has 2 heterocycles. The SMILES string of the molecule is c1ccc2c(c1)CN(CC1CC13CCNCC3)C2. The van der Waals surface area contributed by atoms with Crippen LogP contribution in [0.3, 0.4) is 0 Å². The van der Waals surface area contributed by atoms with Crippen molar-refractivity contribution in [3.63, 3.8) is 0 Å². The van der Waals surface area contributed by atoms with Crippen molar-refractivity contribution in [3.8, 4) is 0 Å². The molecule has 0 amide bonds. The van der Waals surface area contributed by atoms with E-state index in [1.807, 2.05) is 0 Å². The summed E-state index contributed by atoms with van der Waals surface area (Å²) in [5.41, 5.74) is 3.84. The summed E-state index contributed by atoms with van der Waals surface area (Å²) in [4.78, 5) is 2.66. The molecular weight excluding hydrogens is 220 g/mol. The molecule has 1 unspecified atom stereocenters. The van der Waals surface area contributed by atoms with Gasteiger partial charge in [0.05, 0.1) is 0 Å². The fourth-order valence-electron chi connectivity index (χ4n) is 4.07. The van der Waals surface area contributed by atoms with E-state index in [0.717, 1.165) is 11.3 Å². The Morgan fingerprint density at radius 1 is 1.11 bits per heavy atom. The number of hydrogen-bond donors (Lipinski definition) is 1. The summed E-state index contributed by atoms with van der Waals surface area (Å²) in [6.07, 6.45) is 4.32. The molecule has 2 fully saturated rings. The van der Waals surface area contributed by atoms with Gasteiger partial charge in [-0.3, -0.25) is 4.90 Å². The number of nitrogens with zero attached hydrogens (tertiary/aromatic N) is 1. The van der Waals surface area contributed by atoms with E-state index < -0.39 is 0 Å². The van der Waals surface area contributed by atoms with Crippen LogP contribution >= 0.6 is 0 Å². The minimum atomic E-state index is 0.736. The Bertz CT molecular complexity index is 423. The number of nitrogens with one attached hydrogen (secondary N) is 1. The Hall–Kier alpha value is -0.860. The minimum absolute atomic E-state index is 0.736. The van der Waals surface area contributed by atoms with E-state index in [2.05, 4.69) is 34.5 Å². The van der Waals surface area contributed by atoms with E-state index >= 15 is 0 Å². The predicted octanol–water partition coefficient (Wildman–Crippen LogP) is 2.39. The van der Waals surface area contributed by atoms with Crippen LogP contribution < -0.4 is 5.32 Å². The Balaban J connectivity index is 1.38. The number of hydrogen-bond acceptors (Lipinski definition) is 2. The molecule has 1 atom stereocenters. The second-order valence-corrected chi connectivity index (χ2v) is 6.45. The van der Waals surface area contributed by atoms with Crippen molar-refractivity contribution in [2.24, 2.45) is 11.3 Å². The lowest BCUT2D eigenvalue weighted by Gasteiger charge is -2.25. The zero-order chi connectivity index (χ0) is 12.0. The first-order valence-electron chi connectivity index (χ1n) is 7.36. The molecule has 0 aromatic heterocycles. The van der Waals surface area contributed by atoms with Crippen LogP contribution in [0.1, 0.15) is 30.4 Å². The number of benzene rings is 1. The van der Waals surface area contributed by atoms with Gasteiger partial charge in [-0.2, -0.15) is 0 Å². The van der Waals surface area contributed by atoms with Crippen LogP contribution in [0.5, 0.6) is 0 Å². The molecule has 3 aliphatic rings. The predicted molar refractivity (Wildman–Crippen MR) is 73.2 cm³/mol. The Morgan fingerprint density at radius 2 is 1.78 bits per heavy atom. The zero-order valence-electron chi connectivity index (χ0n) is 11.0. The first kappa shape index (κ1) is 11.0. The summed E-state index contributed by atoms with van der Waals surface area (Å²) >= 11 is 0. The van der Waals surface area contributed by atoms with Gasteiger partial charge in [0.25, 0.3) is 0 Å². The fraction of sp³-hybridized carbons (Fsp3) is 0.625. The lowest BCUT2D eigenvalue weighted by Crippen LogP contribution is -2.31. The maximum absolute atomic E-state index is 3.50. The molecule has 2 nitrogen and oxygen atoms in total. The average molecular weight is 242 g/mol. The van der Waals surface area contributed by atoms with Crippen molar-refractivity contribution >= 4 is 0 Å². The number of piperidine rings is 1. The molecule has 2 aliphatic heterocycles. The number of fused-ring (bicyclic) bond motifs is 1. The Morgan fingerprint density at radius 3 is 2.44 bits per heavy atom. The fourth-order valence-corrected chi connectivity index (χ4v) is 4.07. The smallest absolute Gasteiger partial charge is 0.0240 e. The van der Waals surface area contributed by atoms with Gasteiger partial charge in [0.1, 0.15) is 0 Å². The second kappa shape index (κ2) is 4.07. The summed E-state index contributed by atoms with van der Waals surface area (Å²) in [6.45, 7) is 6.18. The first-order chi connectivity index (χ1) is 8.86. The minimum Gasteiger partial charge on any atom is -0.317 e. The molecule has 4 rings (SSSR count). The quantitative estimate of drug-likeness (QED) is 0.856. The lowest BCUT2D eigenvalue weighted by molar-refractivity contribution is 0.233. The highest BCUT2D eigenvalue weighted by molar-refractivity contribution is 5.30. The standard InChI is InChI=1S/C16H22N2/c1-2-4-14-11-18(10-13(14)3-1)12-15-9-16(15)5-7-17-8-6-16/h1-4,15,17H,5-12H2. The third-order valence-electron chi connectivity index (χ3n) is 5.34. The maximum Gasteiger partial charge on any atom is 0.0240 e. The van der Waals surface area contributed by atoms with E-state index in [-0.39, 0.29) is 0 Å². The molecule has 1 N–H and O–H groups in total. The summed E-state index contributed by atoms with van der Waals surface area (Å²) in [5, 5.41) is 3.50. The Kier molecular flexibility index (Phi) is 2.49. The largest absolute Gasteiger partial charge is 0.317 e. The van der Waals surface area contributed by atoms with Gasteiger partial charge < -0.3 is 5.32 Å². The third kappa shape index (κ3) is 1.79. The molecule has 1 saturated heterocycles. The van der Waals surface area contributed by atoms with Crippen molar-refractivity contribution in [1.82, 2.24) is 10.2 Å². The molecule has 96 valence electrons.